The molecule has 0 saturated carbocycles. The number of rotatable bonds is 8. The minimum absolute atomic E-state index is 0.135. The van der Waals surface area contributed by atoms with E-state index in [0.29, 0.717) is 0 Å². The molecular weight excluding hydrogens is 260 g/mol. The fourth-order valence-electron chi connectivity index (χ4n) is 0.824. The lowest BCUT2D eigenvalue weighted by atomic mass is 10.4. The number of alkyl halides is 2. The van der Waals surface area contributed by atoms with Gasteiger partial charge < -0.3 is 9.84 Å². The van der Waals surface area contributed by atoms with Gasteiger partial charge >= 0.3 is 5.97 Å². The molecule has 2 N–H and O–H groups in total. The zero-order valence-corrected chi connectivity index (χ0v) is 10.0. The van der Waals surface area contributed by atoms with E-state index in [1.807, 2.05) is 0 Å². The fourth-order valence-corrected chi connectivity index (χ4v) is 1.83. The van der Waals surface area contributed by atoms with Crippen LogP contribution in [0.5, 0.6) is 0 Å². The Balaban J connectivity index is 4.00. The third kappa shape index (κ3) is 8.00. The van der Waals surface area contributed by atoms with E-state index in [1.54, 1.807) is 11.6 Å². The highest BCUT2D eigenvalue weighted by molar-refractivity contribution is 7.89. The molecule has 0 radical (unpaired) electrons. The average molecular weight is 275 g/mol. The van der Waals surface area contributed by atoms with Crippen molar-refractivity contribution in [3.63, 3.8) is 0 Å². The van der Waals surface area contributed by atoms with Crippen LogP contribution in [0, 0.1) is 0 Å². The van der Waals surface area contributed by atoms with Gasteiger partial charge in [-0.25, -0.2) is 21.9 Å². The first-order valence-electron chi connectivity index (χ1n) is 4.87. The molecule has 17 heavy (non-hydrogen) atoms. The van der Waals surface area contributed by atoms with E-state index in [4.69, 9.17) is 5.11 Å². The van der Waals surface area contributed by atoms with Crippen LogP contribution in [0.2, 0.25) is 0 Å². The van der Waals surface area contributed by atoms with Crippen molar-refractivity contribution >= 4 is 16.0 Å². The number of hydrogen-bond donors (Lipinski definition) is 2. The molecule has 0 rings (SSSR count). The van der Waals surface area contributed by atoms with Gasteiger partial charge in [-0.05, 0) is 6.92 Å². The highest BCUT2D eigenvalue weighted by atomic mass is 32.2. The summed E-state index contributed by atoms with van der Waals surface area (Å²) in [5, 5.41) is 8.68. The van der Waals surface area contributed by atoms with Gasteiger partial charge in [-0.15, -0.1) is 0 Å². The maximum atomic E-state index is 11.9. The van der Waals surface area contributed by atoms with Crippen LogP contribution < -0.4 is 4.72 Å². The summed E-state index contributed by atoms with van der Waals surface area (Å²) in [4.78, 5) is 10.9. The Morgan fingerprint density at radius 1 is 1.47 bits per heavy atom. The lowest BCUT2D eigenvalue weighted by molar-refractivity contribution is -0.142. The molecule has 0 aromatic rings. The molecule has 6 nitrogen and oxygen atoms in total. The molecule has 9 heteroatoms. The lowest BCUT2D eigenvalue weighted by Gasteiger charge is -2.10. The third-order valence-electron chi connectivity index (χ3n) is 1.68. The maximum Gasteiger partial charge on any atom is 0.306 e. The summed E-state index contributed by atoms with van der Waals surface area (Å²) in [6, 6.07) is 0. The second-order valence-electron chi connectivity index (χ2n) is 3.12. The number of aliphatic hydroxyl groups excluding tert-OH is 1. The molecule has 0 saturated heterocycles. The number of halogens is 2. The van der Waals surface area contributed by atoms with E-state index in [-0.39, 0.29) is 13.0 Å². The number of nitrogens with one attached hydrogen (secondary N) is 1. The molecule has 0 aliphatic heterocycles. The van der Waals surface area contributed by atoms with Gasteiger partial charge in [0, 0.05) is 6.54 Å². The molecule has 0 spiro atoms. The van der Waals surface area contributed by atoms with Crippen molar-refractivity contribution in [2.24, 2.45) is 0 Å². The van der Waals surface area contributed by atoms with Gasteiger partial charge in [0.25, 0.3) is 6.43 Å². The van der Waals surface area contributed by atoms with Crippen LogP contribution in [0.1, 0.15) is 13.3 Å². The normalized spacial score (nSPS) is 13.7. The molecule has 0 heterocycles. The summed E-state index contributed by atoms with van der Waals surface area (Å²) in [5.74, 6) is -1.26. The second-order valence-corrected chi connectivity index (χ2v) is 5.05. The SMILES string of the molecule is CCOC(=O)CCS(=O)(=O)NCC(O)C(F)F. The van der Waals surface area contributed by atoms with Crippen LogP contribution in [0.3, 0.4) is 0 Å². The molecule has 1 unspecified atom stereocenters. The Hall–Kier alpha value is -0.800. The Morgan fingerprint density at radius 2 is 2.06 bits per heavy atom. The third-order valence-corrected chi connectivity index (χ3v) is 3.03. The molecule has 0 aromatic carbocycles. The molecule has 0 bridgehead atoms. The first-order valence-corrected chi connectivity index (χ1v) is 6.53. The number of carbonyl (C=O) groups is 1. The Labute approximate surface area is 98.0 Å². The predicted octanol–water partition coefficient (Wildman–Crippen LogP) is -0.515. The van der Waals surface area contributed by atoms with Gasteiger partial charge in [-0.1, -0.05) is 0 Å². The van der Waals surface area contributed by atoms with Crippen molar-refractivity contribution in [2.45, 2.75) is 25.9 Å². The van der Waals surface area contributed by atoms with Crippen LogP contribution in [0.25, 0.3) is 0 Å². The fraction of sp³-hybridized carbons (Fsp3) is 0.875. The highest BCUT2D eigenvalue weighted by Gasteiger charge is 2.20. The van der Waals surface area contributed by atoms with E-state index in [9.17, 15) is 22.0 Å². The van der Waals surface area contributed by atoms with Crippen molar-refractivity contribution in [3.8, 4) is 0 Å². The molecule has 0 fully saturated rings. The Kier molecular flexibility index (Phi) is 7.16. The lowest BCUT2D eigenvalue weighted by Crippen LogP contribution is -2.37. The number of hydrogen-bond acceptors (Lipinski definition) is 5. The number of sulfonamides is 1. The summed E-state index contributed by atoms with van der Waals surface area (Å²) in [5.41, 5.74) is 0. The number of carbonyl (C=O) groups excluding carboxylic acids is 1. The molecular formula is C8H15F2NO5S. The largest absolute Gasteiger partial charge is 0.466 e. The van der Waals surface area contributed by atoms with Crippen LogP contribution >= 0.6 is 0 Å². The number of aliphatic hydroxyl groups is 1. The second kappa shape index (κ2) is 7.51. The van der Waals surface area contributed by atoms with Gasteiger partial charge in [0.05, 0.1) is 18.8 Å². The number of esters is 1. The zero-order valence-electron chi connectivity index (χ0n) is 9.23. The monoisotopic (exact) mass is 275 g/mol. The van der Waals surface area contributed by atoms with Crippen LogP contribution in [0.4, 0.5) is 8.78 Å². The van der Waals surface area contributed by atoms with Gasteiger partial charge in [0.2, 0.25) is 10.0 Å². The molecule has 1 atom stereocenters. The average Bonchev–Trinajstić information content (AvgIpc) is 2.24. The zero-order chi connectivity index (χ0) is 13.5. The summed E-state index contributed by atoms with van der Waals surface area (Å²) in [6.45, 7) is 0.920. The summed E-state index contributed by atoms with van der Waals surface area (Å²) in [6.07, 6.45) is -5.45. The first-order chi connectivity index (χ1) is 7.78. The van der Waals surface area contributed by atoms with Crippen molar-refractivity contribution in [2.75, 3.05) is 18.9 Å². The van der Waals surface area contributed by atoms with Crippen LogP contribution in [-0.4, -0.2) is 50.9 Å². The van der Waals surface area contributed by atoms with Crippen molar-refractivity contribution in [1.29, 1.82) is 0 Å². The molecule has 0 aliphatic carbocycles. The summed E-state index contributed by atoms with van der Waals surface area (Å²) >= 11 is 0. The molecule has 0 aliphatic rings. The minimum Gasteiger partial charge on any atom is -0.466 e. The van der Waals surface area contributed by atoms with E-state index in [2.05, 4.69) is 4.74 Å². The van der Waals surface area contributed by atoms with Crippen LogP contribution in [-0.2, 0) is 19.6 Å². The molecule has 0 amide bonds. The van der Waals surface area contributed by atoms with Crippen molar-refractivity contribution in [1.82, 2.24) is 4.72 Å². The quantitative estimate of drug-likeness (QED) is 0.582. The smallest absolute Gasteiger partial charge is 0.306 e. The van der Waals surface area contributed by atoms with E-state index >= 15 is 0 Å². The van der Waals surface area contributed by atoms with E-state index in [0.717, 1.165) is 0 Å². The van der Waals surface area contributed by atoms with Gasteiger partial charge in [0.1, 0.15) is 6.10 Å². The van der Waals surface area contributed by atoms with Crippen LogP contribution in [0.15, 0.2) is 0 Å². The molecule has 102 valence electrons. The number of ether oxygens (including phenoxy) is 1. The Bertz CT molecular complexity index is 333. The minimum atomic E-state index is -3.87. The first kappa shape index (κ1) is 16.2. The van der Waals surface area contributed by atoms with Crippen molar-refractivity contribution in [3.05, 3.63) is 0 Å². The standard InChI is InChI=1S/C8H15F2NO5S/c1-2-16-7(13)3-4-17(14,15)11-5-6(12)8(9)10/h6,8,11-12H,2-5H2,1H3. The van der Waals surface area contributed by atoms with Gasteiger partial charge in [-0.3, -0.25) is 4.79 Å². The van der Waals surface area contributed by atoms with E-state index in [1.165, 1.54) is 0 Å². The van der Waals surface area contributed by atoms with E-state index < -0.39 is 40.8 Å². The maximum absolute atomic E-state index is 11.9. The van der Waals surface area contributed by atoms with Crippen molar-refractivity contribution < 1.29 is 31.8 Å². The topological polar surface area (TPSA) is 92.7 Å². The van der Waals surface area contributed by atoms with Gasteiger partial charge in [-0.2, -0.15) is 0 Å². The predicted molar refractivity (Wildman–Crippen MR) is 55.1 cm³/mol. The highest BCUT2D eigenvalue weighted by Crippen LogP contribution is 2.00. The van der Waals surface area contributed by atoms with Gasteiger partial charge in [0.15, 0.2) is 0 Å². The summed E-state index contributed by atoms with van der Waals surface area (Å²) in [7, 11) is -3.87. The Morgan fingerprint density at radius 3 is 2.53 bits per heavy atom. The summed E-state index contributed by atoms with van der Waals surface area (Å²) < 4.78 is 52.4. The molecule has 0 aromatic heterocycles.